The number of aliphatic hydroxyl groups excluding tert-OH is 1. The minimum Gasteiger partial charge on any atom is -0.396 e. The van der Waals surface area contributed by atoms with Crippen LogP contribution in [0.4, 0.5) is 0 Å². The standard InChI is InChI=1S/C9H19ClO/c1-9(2,6-7-10)5-3-4-8-11/h11H,3-8H2,1-2H3. The average Bonchev–Trinajstić information content (AvgIpc) is 1.87. The van der Waals surface area contributed by atoms with E-state index >= 15 is 0 Å². The number of halogens is 1. The Labute approximate surface area is 74.8 Å². The number of hydrogen-bond donors (Lipinski definition) is 1. The van der Waals surface area contributed by atoms with Crippen molar-refractivity contribution in [2.75, 3.05) is 12.5 Å². The summed E-state index contributed by atoms with van der Waals surface area (Å²) in [6.07, 6.45) is 4.27. The molecule has 0 spiro atoms. The number of unbranched alkanes of at least 4 members (excludes halogenated alkanes) is 1. The van der Waals surface area contributed by atoms with Gasteiger partial charge in [0.05, 0.1) is 0 Å². The molecule has 0 rings (SSSR count). The molecule has 0 aliphatic rings. The van der Waals surface area contributed by atoms with E-state index in [0.29, 0.717) is 12.0 Å². The number of hydrogen-bond acceptors (Lipinski definition) is 1. The maximum absolute atomic E-state index is 8.57. The summed E-state index contributed by atoms with van der Waals surface area (Å²) >= 11 is 5.65. The van der Waals surface area contributed by atoms with Gasteiger partial charge in [-0.15, -0.1) is 11.6 Å². The van der Waals surface area contributed by atoms with Gasteiger partial charge in [-0.05, 0) is 24.7 Å². The Morgan fingerprint density at radius 1 is 1.18 bits per heavy atom. The van der Waals surface area contributed by atoms with Crippen LogP contribution in [-0.4, -0.2) is 17.6 Å². The molecule has 0 amide bonds. The Morgan fingerprint density at radius 3 is 2.27 bits per heavy atom. The van der Waals surface area contributed by atoms with Gasteiger partial charge in [0.2, 0.25) is 0 Å². The Bertz CT molecular complexity index is 91.6. The van der Waals surface area contributed by atoms with E-state index in [-0.39, 0.29) is 0 Å². The minimum absolute atomic E-state index is 0.316. The van der Waals surface area contributed by atoms with Crippen molar-refractivity contribution in [3.8, 4) is 0 Å². The van der Waals surface area contributed by atoms with Gasteiger partial charge in [-0.25, -0.2) is 0 Å². The van der Waals surface area contributed by atoms with Crippen molar-refractivity contribution >= 4 is 11.6 Å². The molecule has 0 bridgehead atoms. The molecule has 1 N–H and O–H groups in total. The zero-order valence-electron chi connectivity index (χ0n) is 7.57. The molecule has 0 radical (unpaired) electrons. The fourth-order valence-corrected chi connectivity index (χ4v) is 1.61. The molecule has 11 heavy (non-hydrogen) atoms. The van der Waals surface area contributed by atoms with Crippen LogP contribution < -0.4 is 0 Å². The molecule has 0 saturated carbocycles. The molecule has 0 heterocycles. The number of alkyl halides is 1. The molecule has 0 aromatic heterocycles. The maximum atomic E-state index is 8.57. The maximum Gasteiger partial charge on any atom is 0.0431 e. The summed E-state index contributed by atoms with van der Waals surface area (Å²) in [6, 6.07) is 0. The Morgan fingerprint density at radius 2 is 1.82 bits per heavy atom. The van der Waals surface area contributed by atoms with Gasteiger partial charge in [-0.2, -0.15) is 0 Å². The first-order valence-electron chi connectivity index (χ1n) is 4.29. The van der Waals surface area contributed by atoms with Crippen molar-refractivity contribution in [3.63, 3.8) is 0 Å². The van der Waals surface area contributed by atoms with Crippen LogP contribution in [0.15, 0.2) is 0 Å². The van der Waals surface area contributed by atoms with Gasteiger partial charge in [0.1, 0.15) is 0 Å². The summed E-state index contributed by atoms with van der Waals surface area (Å²) in [5.74, 6) is 0.742. The van der Waals surface area contributed by atoms with Gasteiger partial charge in [0.25, 0.3) is 0 Å². The lowest BCUT2D eigenvalue weighted by Gasteiger charge is -2.22. The van der Waals surface area contributed by atoms with Crippen LogP contribution in [0.25, 0.3) is 0 Å². The normalized spacial score (nSPS) is 12.0. The van der Waals surface area contributed by atoms with Crippen molar-refractivity contribution in [3.05, 3.63) is 0 Å². The van der Waals surface area contributed by atoms with Crippen molar-refractivity contribution in [1.29, 1.82) is 0 Å². The molecule has 0 fully saturated rings. The average molecular weight is 179 g/mol. The van der Waals surface area contributed by atoms with Gasteiger partial charge >= 0.3 is 0 Å². The van der Waals surface area contributed by atoms with Gasteiger partial charge < -0.3 is 5.11 Å². The zero-order chi connectivity index (χ0) is 8.74. The van der Waals surface area contributed by atoms with Gasteiger partial charge in [0, 0.05) is 12.5 Å². The fourth-order valence-electron chi connectivity index (χ4n) is 1.10. The van der Waals surface area contributed by atoms with E-state index in [4.69, 9.17) is 16.7 Å². The van der Waals surface area contributed by atoms with E-state index in [0.717, 1.165) is 25.1 Å². The smallest absolute Gasteiger partial charge is 0.0431 e. The first-order valence-corrected chi connectivity index (χ1v) is 4.83. The Balaban J connectivity index is 3.38. The molecular weight excluding hydrogens is 160 g/mol. The molecule has 0 saturated heterocycles. The summed E-state index contributed by atoms with van der Waals surface area (Å²) in [6.45, 7) is 4.77. The monoisotopic (exact) mass is 178 g/mol. The van der Waals surface area contributed by atoms with E-state index < -0.39 is 0 Å². The molecular formula is C9H19ClO. The highest BCUT2D eigenvalue weighted by Crippen LogP contribution is 2.27. The van der Waals surface area contributed by atoms with Crippen molar-refractivity contribution in [1.82, 2.24) is 0 Å². The predicted molar refractivity (Wildman–Crippen MR) is 50.1 cm³/mol. The highest BCUT2D eigenvalue weighted by atomic mass is 35.5. The van der Waals surface area contributed by atoms with Crippen LogP contribution in [0.3, 0.4) is 0 Å². The minimum atomic E-state index is 0.316. The SMILES string of the molecule is CC(C)(CCCl)CCCCO. The first kappa shape index (κ1) is 11.2. The predicted octanol–water partition coefficient (Wildman–Crippen LogP) is 2.80. The quantitative estimate of drug-likeness (QED) is 0.490. The Hall–Kier alpha value is 0.250. The van der Waals surface area contributed by atoms with Gasteiger partial charge in [-0.3, -0.25) is 0 Å². The van der Waals surface area contributed by atoms with Crippen LogP contribution in [0, 0.1) is 5.41 Å². The summed E-state index contributed by atoms with van der Waals surface area (Å²) in [5.41, 5.74) is 0.358. The summed E-state index contributed by atoms with van der Waals surface area (Å²) < 4.78 is 0. The third-order valence-corrected chi connectivity index (χ3v) is 2.22. The largest absolute Gasteiger partial charge is 0.396 e. The molecule has 68 valence electrons. The van der Waals surface area contributed by atoms with Crippen molar-refractivity contribution < 1.29 is 5.11 Å². The zero-order valence-corrected chi connectivity index (χ0v) is 8.32. The Kier molecular flexibility index (Phi) is 5.98. The van der Waals surface area contributed by atoms with E-state index in [2.05, 4.69) is 13.8 Å². The summed E-state index contributed by atoms with van der Waals surface area (Å²) in [7, 11) is 0. The molecule has 0 aromatic carbocycles. The second-order valence-electron chi connectivity index (χ2n) is 3.78. The molecule has 0 aromatic rings. The third-order valence-electron chi connectivity index (χ3n) is 2.03. The van der Waals surface area contributed by atoms with Crippen LogP contribution >= 0.6 is 11.6 Å². The second kappa shape index (κ2) is 5.84. The third kappa shape index (κ3) is 6.64. The van der Waals surface area contributed by atoms with Crippen LogP contribution in [0.1, 0.15) is 39.5 Å². The van der Waals surface area contributed by atoms with Crippen LogP contribution in [-0.2, 0) is 0 Å². The van der Waals surface area contributed by atoms with Crippen molar-refractivity contribution in [2.45, 2.75) is 39.5 Å². The fraction of sp³-hybridized carbons (Fsp3) is 1.00. The topological polar surface area (TPSA) is 20.2 Å². The van der Waals surface area contributed by atoms with E-state index in [1.165, 1.54) is 6.42 Å². The summed E-state index contributed by atoms with van der Waals surface area (Å²) in [4.78, 5) is 0. The van der Waals surface area contributed by atoms with E-state index in [9.17, 15) is 0 Å². The van der Waals surface area contributed by atoms with Gasteiger partial charge in [0.15, 0.2) is 0 Å². The molecule has 1 nitrogen and oxygen atoms in total. The summed E-state index contributed by atoms with van der Waals surface area (Å²) in [5, 5.41) is 8.57. The second-order valence-corrected chi connectivity index (χ2v) is 4.16. The lowest BCUT2D eigenvalue weighted by Crippen LogP contribution is -2.11. The van der Waals surface area contributed by atoms with Crippen LogP contribution in [0.5, 0.6) is 0 Å². The lowest BCUT2D eigenvalue weighted by molar-refractivity contribution is 0.257. The highest BCUT2D eigenvalue weighted by molar-refractivity contribution is 6.17. The van der Waals surface area contributed by atoms with Crippen molar-refractivity contribution in [2.24, 2.45) is 5.41 Å². The molecule has 0 aliphatic carbocycles. The number of rotatable bonds is 6. The van der Waals surface area contributed by atoms with E-state index in [1.54, 1.807) is 0 Å². The molecule has 0 unspecified atom stereocenters. The number of aliphatic hydroxyl groups is 1. The molecule has 0 aliphatic heterocycles. The van der Waals surface area contributed by atoms with E-state index in [1.807, 2.05) is 0 Å². The highest BCUT2D eigenvalue weighted by Gasteiger charge is 2.15. The molecule has 2 heteroatoms. The molecule has 0 atom stereocenters. The first-order chi connectivity index (χ1) is 5.12. The van der Waals surface area contributed by atoms with Crippen LogP contribution in [0.2, 0.25) is 0 Å². The lowest BCUT2D eigenvalue weighted by atomic mass is 9.85. The van der Waals surface area contributed by atoms with Gasteiger partial charge in [-0.1, -0.05) is 20.3 Å².